The zero-order valence-corrected chi connectivity index (χ0v) is 11.6. The molecule has 0 aliphatic carbocycles. The molecule has 0 saturated carbocycles. The van der Waals surface area contributed by atoms with E-state index >= 15 is 0 Å². The van der Waals surface area contributed by atoms with Gasteiger partial charge in [0, 0.05) is 25.9 Å². The molecule has 0 bridgehead atoms. The topological polar surface area (TPSA) is 29.9 Å². The van der Waals surface area contributed by atoms with E-state index in [0.717, 1.165) is 12.4 Å². The third kappa shape index (κ3) is 3.13. The molecule has 3 heteroatoms. The number of hydrogen-bond donors (Lipinski definition) is 1. The summed E-state index contributed by atoms with van der Waals surface area (Å²) in [5.74, 6) is 0.914. The lowest BCUT2D eigenvalue weighted by molar-refractivity contribution is 0.590. The molecule has 0 aliphatic heterocycles. The summed E-state index contributed by atoms with van der Waals surface area (Å²) in [6, 6.07) is 10.7. The van der Waals surface area contributed by atoms with Crippen LogP contribution in [0.3, 0.4) is 0 Å². The van der Waals surface area contributed by atoms with E-state index < -0.39 is 0 Å². The van der Waals surface area contributed by atoms with Crippen molar-refractivity contribution in [3.05, 3.63) is 47.7 Å². The van der Waals surface area contributed by atoms with Gasteiger partial charge in [0.2, 0.25) is 0 Å². The molecule has 0 radical (unpaired) electrons. The normalized spacial score (nSPS) is 11.6. The van der Waals surface area contributed by atoms with Gasteiger partial charge in [0.15, 0.2) is 0 Å². The van der Waals surface area contributed by atoms with Crippen molar-refractivity contribution in [3.8, 4) is 0 Å². The molecule has 0 saturated heterocycles. The molecule has 1 aromatic heterocycles. The minimum atomic E-state index is 0.215. The van der Waals surface area contributed by atoms with Crippen molar-refractivity contribution >= 4 is 5.82 Å². The van der Waals surface area contributed by atoms with Crippen LogP contribution in [-0.2, 0) is 19.0 Å². The van der Waals surface area contributed by atoms with Crippen LogP contribution in [-0.4, -0.2) is 9.78 Å². The summed E-state index contributed by atoms with van der Waals surface area (Å²) >= 11 is 0. The minimum absolute atomic E-state index is 0.215. The first-order valence-electron chi connectivity index (χ1n) is 6.28. The van der Waals surface area contributed by atoms with E-state index in [-0.39, 0.29) is 5.41 Å². The number of nitrogens with zero attached hydrogens (tertiary/aromatic N) is 2. The van der Waals surface area contributed by atoms with Crippen LogP contribution in [0.15, 0.2) is 36.5 Å². The first-order chi connectivity index (χ1) is 8.45. The summed E-state index contributed by atoms with van der Waals surface area (Å²) in [5, 5.41) is 7.60. The molecule has 0 fully saturated rings. The van der Waals surface area contributed by atoms with Crippen molar-refractivity contribution in [3.63, 3.8) is 0 Å². The second-order valence-electron chi connectivity index (χ2n) is 5.68. The van der Waals surface area contributed by atoms with E-state index in [9.17, 15) is 0 Å². The SMILES string of the molecule is Cn1ccc(NCc2ccc(C(C)(C)C)cc2)n1. The molecule has 0 aliphatic rings. The maximum absolute atomic E-state index is 4.29. The number of aryl methyl sites for hydroxylation is 1. The zero-order valence-electron chi connectivity index (χ0n) is 11.6. The van der Waals surface area contributed by atoms with Crippen LogP contribution in [0.1, 0.15) is 31.9 Å². The fourth-order valence-corrected chi connectivity index (χ4v) is 1.82. The van der Waals surface area contributed by atoms with Gasteiger partial charge in [-0.2, -0.15) is 5.10 Å². The Kier molecular flexibility index (Phi) is 3.41. The molecule has 96 valence electrons. The summed E-state index contributed by atoms with van der Waals surface area (Å²) in [7, 11) is 1.92. The fourth-order valence-electron chi connectivity index (χ4n) is 1.82. The Morgan fingerprint density at radius 1 is 1.11 bits per heavy atom. The Morgan fingerprint density at radius 3 is 2.28 bits per heavy atom. The number of rotatable bonds is 3. The highest BCUT2D eigenvalue weighted by molar-refractivity contribution is 5.35. The standard InChI is InChI=1S/C15H21N3/c1-15(2,3)13-7-5-12(6-8-13)11-16-14-9-10-18(4)17-14/h5-10H,11H2,1-4H3,(H,16,17). The summed E-state index contributed by atoms with van der Waals surface area (Å²) < 4.78 is 1.80. The maximum atomic E-state index is 4.29. The fraction of sp³-hybridized carbons (Fsp3) is 0.400. The Bertz CT molecular complexity index is 503. The molecule has 0 amide bonds. The summed E-state index contributed by atoms with van der Waals surface area (Å²) in [5.41, 5.74) is 2.85. The number of benzene rings is 1. The number of aromatic nitrogens is 2. The molecule has 2 rings (SSSR count). The summed E-state index contributed by atoms with van der Waals surface area (Å²) in [4.78, 5) is 0. The quantitative estimate of drug-likeness (QED) is 0.896. The van der Waals surface area contributed by atoms with E-state index in [4.69, 9.17) is 0 Å². The number of hydrogen-bond acceptors (Lipinski definition) is 2. The van der Waals surface area contributed by atoms with E-state index in [2.05, 4.69) is 55.5 Å². The van der Waals surface area contributed by atoms with Gasteiger partial charge in [0.25, 0.3) is 0 Å². The first kappa shape index (κ1) is 12.7. The predicted molar refractivity (Wildman–Crippen MR) is 75.7 cm³/mol. The van der Waals surface area contributed by atoms with Gasteiger partial charge in [-0.05, 0) is 16.5 Å². The van der Waals surface area contributed by atoms with Crippen molar-refractivity contribution < 1.29 is 0 Å². The Balaban J connectivity index is 1.98. The second kappa shape index (κ2) is 4.84. The van der Waals surface area contributed by atoms with Crippen LogP contribution in [0.2, 0.25) is 0 Å². The Morgan fingerprint density at radius 2 is 1.78 bits per heavy atom. The third-order valence-corrected chi connectivity index (χ3v) is 3.01. The zero-order chi connectivity index (χ0) is 13.2. The van der Waals surface area contributed by atoms with Gasteiger partial charge >= 0.3 is 0 Å². The molecular formula is C15H21N3. The van der Waals surface area contributed by atoms with Crippen molar-refractivity contribution in [2.24, 2.45) is 7.05 Å². The van der Waals surface area contributed by atoms with Gasteiger partial charge < -0.3 is 5.32 Å². The monoisotopic (exact) mass is 243 g/mol. The van der Waals surface area contributed by atoms with Crippen LogP contribution in [0, 0.1) is 0 Å². The minimum Gasteiger partial charge on any atom is -0.365 e. The Labute approximate surface area is 109 Å². The summed E-state index contributed by atoms with van der Waals surface area (Å²) in [6.45, 7) is 7.50. The Hall–Kier alpha value is -1.77. The molecule has 1 aromatic carbocycles. The molecule has 3 nitrogen and oxygen atoms in total. The van der Waals surface area contributed by atoms with Crippen LogP contribution in [0.4, 0.5) is 5.82 Å². The average molecular weight is 243 g/mol. The molecule has 2 aromatic rings. The third-order valence-electron chi connectivity index (χ3n) is 3.01. The second-order valence-corrected chi connectivity index (χ2v) is 5.68. The summed E-state index contributed by atoms with van der Waals surface area (Å²) in [6.07, 6.45) is 1.94. The lowest BCUT2D eigenvalue weighted by Crippen LogP contribution is -2.11. The molecular weight excluding hydrogens is 222 g/mol. The van der Waals surface area contributed by atoms with E-state index in [1.54, 1.807) is 4.68 Å². The van der Waals surface area contributed by atoms with Gasteiger partial charge in [-0.15, -0.1) is 0 Å². The average Bonchev–Trinajstić information content (AvgIpc) is 2.72. The number of nitrogens with one attached hydrogen (secondary N) is 1. The van der Waals surface area contributed by atoms with Gasteiger partial charge in [-0.1, -0.05) is 45.0 Å². The molecule has 0 unspecified atom stereocenters. The van der Waals surface area contributed by atoms with Crippen molar-refractivity contribution in [2.45, 2.75) is 32.7 Å². The molecule has 0 spiro atoms. The van der Waals surface area contributed by atoms with Crippen molar-refractivity contribution in [2.75, 3.05) is 5.32 Å². The van der Waals surface area contributed by atoms with E-state index in [1.807, 2.05) is 19.3 Å². The maximum Gasteiger partial charge on any atom is 0.148 e. The van der Waals surface area contributed by atoms with E-state index in [1.165, 1.54) is 11.1 Å². The highest BCUT2D eigenvalue weighted by atomic mass is 15.3. The smallest absolute Gasteiger partial charge is 0.148 e. The van der Waals surface area contributed by atoms with Crippen LogP contribution < -0.4 is 5.32 Å². The van der Waals surface area contributed by atoms with Crippen molar-refractivity contribution in [1.29, 1.82) is 0 Å². The predicted octanol–water partition coefficient (Wildman–Crippen LogP) is 3.33. The molecule has 0 atom stereocenters. The van der Waals surface area contributed by atoms with Gasteiger partial charge in [0.1, 0.15) is 5.82 Å². The largest absolute Gasteiger partial charge is 0.365 e. The van der Waals surface area contributed by atoms with Crippen molar-refractivity contribution in [1.82, 2.24) is 9.78 Å². The van der Waals surface area contributed by atoms with Crippen LogP contribution >= 0.6 is 0 Å². The van der Waals surface area contributed by atoms with Gasteiger partial charge in [0.05, 0.1) is 0 Å². The van der Waals surface area contributed by atoms with Gasteiger partial charge in [-0.25, -0.2) is 0 Å². The van der Waals surface area contributed by atoms with Crippen LogP contribution in [0.25, 0.3) is 0 Å². The molecule has 18 heavy (non-hydrogen) atoms. The van der Waals surface area contributed by atoms with Crippen LogP contribution in [0.5, 0.6) is 0 Å². The van der Waals surface area contributed by atoms with Gasteiger partial charge in [-0.3, -0.25) is 4.68 Å². The van der Waals surface area contributed by atoms with E-state index in [0.29, 0.717) is 0 Å². The first-order valence-corrected chi connectivity index (χ1v) is 6.28. The molecule has 1 heterocycles. The number of anilines is 1. The molecule has 1 N–H and O–H groups in total. The highest BCUT2D eigenvalue weighted by Gasteiger charge is 2.12. The lowest BCUT2D eigenvalue weighted by atomic mass is 9.87. The lowest BCUT2D eigenvalue weighted by Gasteiger charge is -2.19. The highest BCUT2D eigenvalue weighted by Crippen LogP contribution is 2.22.